The molecule has 0 radical (unpaired) electrons. The normalized spacial score (nSPS) is 11.1. The predicted molar refractivity (Wildman–Crippen MR) is 101 cm³/mol. The maximum Gasteiger partial charge on any atom is 0.336 e. The third kappa shape index (κ3) is 3.01. The Morgan fingerprint density at radius 2 is 1.52 bits per heavy atom. The van der Waals surface area contributed by atoms with E-state index in [0.29, 0.717) is 27.8 Å². The fourth-order valence-electron chi connectivity index (χ4n) is 3.59. The first-order valence-electron chi connectivity index (χ1n) is 8.58. The zero-order valence-electron chi connectivity index (χ0n) is 16.2. The van der Waals surface area contributed by atoms with E-state index in [1.54, 1.807) is 33.8 Å². The van der Waals surface area contributed by atoms with Gasteiger partial charge in [-0.25, -0.2) is 9.18 Å². The lowest BCUT2D eigenvalue weighted by Crippen LogP contribution is -2.06. The molecule has 0 aliphatic rings. The maximum absolute atomic E-state index is 14.8. The van der Waals surface area contributed by atoms with Gasteiger partial charge >= 0.3 is 5.97 Å². The molecule has 1 heterocycles. The minimum atomic E-state index is -1.01. The quantitative estimate of drug-likeness (QED) is 0.697. The molecule has 27 heavy (non-hydrogen) atoms. The fraction of sp³-hybridized carbons (Fsp3) is 0.286. The molecule has 0 saturated carbocycles. The van der Waals surface area contributed by atoms with Crippen LogP contribution in [0.2, 0.25) is 0 Å². The van der Waals surface area contributed by atoms with E-state index in [1.807, 2.05) is 19.9 Å². The summed E-state index contributed by atoms with van der Waals surface area (Å²) in [5.74, 6) is -1.06. The average Bonchev–Trinajstić information content (AvgIpc) is 3.01. The Bertz CT molecular complexity index is 1080. The van der Waals surface area contributed by atoms with Crippen molar-refractivity contribution in [3.63, 3.8) is 0 Å². The number of aryl methyl sites for hydroxylation is 4. The van der Waals surface area contributed by atoms with E-state index in [1.165, 1.54) is 0 Å². The van der Waals surface area contributed by atoms with Gasteiger partial charge in [0.15, 0.2) is 0 Å². The van der Waals surface area contributed by atoms with Crippen molar-refractivity contribution in [2.24, 2.45) is 0 Å². The molecular formula is C21H21FN2O3. The Kier molecular flexibility index (Phi) is 4.59. The van der Waals surface area contributed by atoms with Crippen molar-refractivity contribution < 1.29 is 18.8 Å². The number of halogens is 1. The fourth-order valence-corrected chi connectivity index (χ4v) is 3.59. The second kappa shape index (κ2) is 6.61. The van der Waals surface area contributed by atoms with Gasteiger partial charge < -0.3 is 9.63 Å². The SMILES string of the molecule is Cc1cc(C)c(-c2nc(-c3c(C)cc(C)c(C(=O)O)c3C)no2)c(F)c1C. The molecule has 140 valence electrons. The van der Waals surface area contributed by atoms with Crippen molar-refractivity contribution in [1.29, 1.82) is 0 Å². The summed E-state index contributed by atoms with van der Waals surface area (Å²) in [5.41, 5.74) is 5.23. The first-order chi connectivity index (χ1) is 12.6. The van der Waals surface area contributed by atoms with Crippen LogP contribution in [-0.4, -0.2) is 21.2 Å². The summed E-state index contributed by atoms with van der Waals surface area (Å²) in [6, 6.07) is 3.66. The largest absolute Gasteiger partial charge is 0.478 e. The van der Waals surface area contributed by atoms with E-state index < -0.39 is 5.97 Å². The summed E-state index contributed by atoms with van der Waals surface area (Å²) in [7, 11) is 0. The second-order valence-electron chi connectivity index (χ2n) is 6.94. The molecule has 3 aromatic rings. The highest BCUT2D eigenvalue weighted by atomic mass is 19.1. The van der Waals surface area contributed by atoms with Gasteiger partial charge in [0.1, 0.15) is 5.82 Å². The number of carbonyl (C=O) groups is 1. The van der Waals surface area contributed by atoms with Crippen molar-refractivity contribution >= 4 is 5.97 Å². The van der Waals surface area contributed by atoms with Crippen LogP contribution in [0, 0.1) is 47.4 Å². The molecule has 0 amide bonds. The standard InChI is InChI=1S/C21H21FN2O3/c1-9-7-12(4)17(18(22)13(9)5)20-23-19(24-27-20)15-10(2)8-11(3)16(14(15)6)21(25)26/h7-8H,1-6H3,(H,25,26). The van der Waals surface area contributed by atoms with E-state index in [4.69, 9.17) is 4.52 Å². The van der Waals surface area contributed by atoms with Crippen molar-refractivity contribution in [3.8, 4) is 22.8 Å². The molecule has 3 rings (SSSR count). The van der Waals surface area contributed by atoms with Crippen molar-refractivity contribution in [2.45, 2.75) is 41.5 Å². The molecule has 0 unspecified atom stereocenters. The molecule has 1 aromatic heterocycles. The minimum absolute atomic E-state index is 0.0827. The number of benzene rings is 2. The average molecular weight is 368 g/mol. The Hall–Kier alpha value is -3.02. The zero-order valence-corrected chi connectivity index (χ0v) is 16.2. The lowest BCUT2D eigenvalue weighted by molar-refractivity contribution is 0.0695. The van der Waals surface area contributed by atoms with Gasteiger partial charge in [0.25, 0.3) is 5.89 Å². The number of hydrogen-bond acceptors (Lipinski definition) is 4. The Labute approximate surface area is 156 Å². The summed E-state index contributed by atoms with van der Waals surface area (Å²) in [6.07, 6.45) is 0. The molecular weight excluding hydrogens is 347 g/mol. The topological polar surface area (TPSA) is 76.2 Å². The summed E-state index contributed by atoms with van der Waals surface area (Å²) in [4.78, 5) is 16.0. The van der Waals surface area contributed by atoms with Gasteiger partial charge in [0.05, 0.1) is 11.1 Å². The van der Waals surface area contributed by atoms with Crippen molar-refractivity contribution in [1.82, 2.24) is 10.1 Å². The number of carboxylic acid groups (broad SMARTS) is 1. The Balaban J connectivity index is 2.21. The first kappa shape index (κ1) is 18.8. The summed E-state index contributed by atoms with van der Waals surface area (Å²) in [6.45, 7) is 10.7. The van der Waals surface area contributed by atoms with E-state index in [2.05, 4.69) is 10.1 Å². The molecule has 0 atom stereocenters. The number of nitrogens with zero attached hydrogens (tertiary/aromatic N) is 2. The van der Waals surface area contributed by atoms with E-state index >= 15 is 0 Å². The monoisotopic (exact) mass is 368 g/mol. The number of aromatic carboxylic acids is 1. The number of carboxylic acids is 1. The van der Waals surface area contributed by atoms with Crippen LogP contribution < -0.4 is 0 Å². The van der Waals surface area contributed by atoms with Gasteiger partial charge in [0.2, 0.25) is 5.82 Å². The third-order valence-corrected chi connectivity index (χ3v) is 5.02. The van der Waals surface area contributed by atoms with Gasteiger partial charge in [-0.3, -0.25) is 0 Å². The maximum atomic E-state index is 14.8. The Morgan fingerprint density at radius 1 is 0.926 bits per heavy atom. The van der Waals surface area contributed by atoms with Crippen LogP contribution in [0.25, 0.3) is 22.8 Å². The van der Waals surface area contributed by atoms with Gasteiger partial charge in [0, 0.05) is 5.56 Å². The molecule has 0 aliphatic carbocycles. The molecule has 2 aromatic carbocycles. The van der Waals surface area contributed by atoms with Crippen LogP contribution in [-0.2, 0) is 0 Å². The molecule has 0 spiro atoms. The number of rotatable bonds is 3. The Morgan fingerprint density at radius 3 is 2.15 bits per heavy atom. The van der Waals surface area contributed by atoms with E-state index in [9.17, 15) is 14.3 Å². The summed E-state index contributed by atoms with van der Waals surface area (Å²) >= 11 is 0. The summed E-state index contributed by atoms with van der Waals surface area (Å²) in [5, 5.41) is 13.5. The highest BCUT2D eigenvalue weighted by Gasteiger charge is 2.23. The third-order valence-electron chi connectivity index (χ3n) is 5.02. The van der Waals surface area contributed by atoms with Gasteiger partial charge in [-0.2, -0.15) is 4.98 Å². The van der Waals surface area contributed by atoms with Crippen LogP contribution in [0.1, 0.15) is 43.7 Å². The molecule has 0 aliphatic heterocycles. The minimum Gasteiger partial charge on any atom is -0.478 e. The zero-order chi connectivity index (χ0) is 20.0. The lowest BCUT2D eigenvalue weighted by Gasteiger charge is -2.12. The van der Waals surface area contributed by atoms with Crippen LogP contribution >= 0.6 is 0 Å². The number of hydrogen-bond donors (Lipinski definition) is 1. The predicted octanol–water partition coefficient (Wildman–Crippen LogP) is 5.09. The summed E-state index contributed by atoms with van der Waals surface area (Å²) < 4.78 is 20.2. The van der Waals surface area contributed by atoms with Crippen molar-refractivity contribution in [2.75, 3.05) is 0 Å². The van der Waals surface area contributed by atoms with E-state index in [0.717, 1.165) is 11.1 Å². The second-order valence-corrected chi connectivity index (χ2v) is 6.94. The van der Waals surface area contributed by atoms with Gasteiger partial charge in [-0.15, -0.1) is 0 Å². The highest BCUT2D eigenvalue weighted by Crippen LogP contribution is 2.34. The van der Waals surface area contributed by atoms with Crippen LogP contribution in [0.3, 0.4) is 0 Å². The molecule has 0 fully saturated rings. The van der Waals surface area contributed by atoms with Crippen molar-refractivity contribution in [3.05, 3.63) is 56.9 Å². The molecule has 6 heteroatoms. The van der Waals surface area contributed by atoms with Gasteiger partial charge in [-0.05, 0) is 74.9 Å². The van der Waals surface area contributed by atoms with Crippen LogP contribution in [0.4, 0.5) is 4.39 Å². The van der Waals surface area contributed by atoms with Gasteiger partial charge in [-0.1, -0.05) is 17.3 Å². The smallest absolute Gasteiger partial charge is 0.336 e. The molecule has 0 saturated heterocycles. The first-order valence-corrected chi connectivity index (χ1v) is 8.58. The number of aromatic nitrogens is 2. The highest BCUT2D eigenvalue weighted by molar-refractivity contribution is 5.94. The van der Waals surface area contributed by atoms with Crippen LogP contribution in [0.5, 0.6) is 0 Å². The molecule has 0 bridgehead atoms. The van der Waals surface area contributed by atoms with Crippen LogP contribution in [0.15, 0.2) is 16.7 Å². The molecule has 5 nitrogen and oxygen atoms in total. The molecule has 1 N–H and O–H groups in total. The lowest BCUT2D eigenvalue weighted by atomic mass is 9.93. The van der Waals surface area contributed by atoms with E-state index in [-0.39, 0.29) is 28.7 Å².